The predicted molar refractivity (Wildman–Crippen MR) is 133 cm³/mol. The fourth-order valence-corrected chi connectivity index (χ4v) is 8.28. The molecule has 5 fully saturated rings. The van der Waals surface area contributed by atoms with Gasteiger partial charge in [0.2, 0.25) is 10.0 Å². The smallest absolute Gasteiger partial charge is 0.251 e. The molecule has 4 bridgehead atoms. The molecule has 5 saturated carbocycles. The molecule has 0 aromatic heterocycles. The van der Waals surface area contributed by atoms with Gasteiger partial charge in [0.1, 0.15) is 5.75 Å². The molecule has 7 rings (SSSR count). The summed E-state index contributed by atoms with van der Waals surface area (Å²) in [5, 5.41) is 2.91. The number of rotatable bonds is 9. The molecule has 0 atom stereocenters. The first-order valence-corrected chi connectivity index (χ1v) is 14.5. The first kappa shape index (κ1) is 23.0. The molecule has 186 valence electrons. The van der Waals surface area contributed by atoms with Crippen LogP contribution in [0.5, 0.6) is 5.75 Å². The molecular weight excluding hydrogens is 460 g/mol. The summed E-state index contributed by atoms with van der Waals surface area (Å²) in [4.78, 5) is 12.8. The van der Waals surface area contributed by atoms with Gasteiger partial charge in [0.05, 0.1) is 11.5 Å². The Morgan fingerprint density at radius 2 is 1.49 bits per heavy atom. The summed E-state index contributed by atoms with van der Waals surface area (Å²) >= 11 is 0. The monoisotopic (exact) mass is 494 g/mol. The Balaban J connectivity index is 1.04. The number of nitrogens with one attached hydrogen (secondary N) is 2. The number of amides is 1. The Labute approximate surface area is 207 Å². The second kappa shape index (κ2) is 8.93. The van der Waals surface area contributed by atoms with Crippen molar-refractivity contribution < 1.29 is 17.9 Å². The summed E-state index contributed by atoms with van der Waals surface area (Å²) < 4.78 is 35.3. The molecule has 35 heavy (non-hydrogen) atoms. The summed E-state index contributed by atoms with van der Waals surface area (Å²) in [7, 11) is -3.57. The molecule has 5 aliphatic carbocycles. The van der Waals surface area contributed by atoms with Crippen LogP contribution >= 0.6 is 0 Å². The van der Waals surface area contributed by atoms with Gasteiger partial charge in [0, 0.05) is 17.6 Å². The SMILES string of the molecule is O=C(NCc1ccc(S(=O)(=O)NC23CC4CC(CC(C4)C2)C3)cc1)c1ccc(OCC2CC2)cc1. The van der Waals surface area contributed by atoms with E-state index in [1.165, 1.54) is 32.1 Å². The van der Waals surface area contributed by atoms with Crippen molar-refractivity contribution in [2.24, 2.45) is 23.7 Å². The Morgan fingerprint density at radius 3 is 2.06 bits per heavy atom. The summed E-state index contributed by atoms with van der Waals surface area (Å²) in [6.45, 7) is 1.08. The van der Waals surface area contributed by atoms with Crippen molar-refractivity contribution in [2.45, 2.75) is 68.3 Å². The van der Waals surface area contributed by atoms with Crippen LogP contribution in [0.3, 0.4) is 0 Å². The van der Waals surface area contributed by atoms with E-state index < -0.39 is 10.0 Å². The van der Waals surface area contributed by atoms with Gasteiger partial charge in [-0.15, -0.1) is 0 Å². The predicted octanol–water partition coefficient (Wildman–Crippen LogP) is 4.65. The van der Waals surface area contributed by atoms with Crippen LogP contribution in [0.15, 0.2) is 53.4 Å². The largest absolute Gasteiger partial charge is 0.493 e. The second-order valence-electron chi connectivity index (χ2n) is 11.4. The van der Waals surface area contributed by atoms with Gasteiger partial charge in [0.15, 0.2) is 0 Å². The van der Waals surface area contributed by atoms with Crippen LogP contribution in [0, 0.1) is 23.7 Å². The van der Waals surface area contributed by atoms with Crippen molar-refractivity contribution in [3.63, 3.8) is 0 Å². The van der Waals surface area contributed by atoms with E-state index in [2.05, 4.69) is 10.0 Å². The molecule has 5 aliphatic rings. The topological polar surface area (TPSA) is 84.5 Å². The first-order chi connectivity index (χ1) is 16.9. The molecule has 0 spiro atoms. The van der Waals surface area contributed by atoms with E-state index in [0.29, 0.717) is 40.7 Å². The molecule has 0 aliphatic heterocycles. The van der Waals surface area contributed by atoms with Gasteiger partial charge >= 0.3 is 0 Å². The van der Waals surface area contributed by atoms with Crippen LogP contribution in [-0.4, -0.2) is 26.5 Å². The first-order valence-electron chi connectivity index (χ1n) is 13.0. The average Bonchev–Trinajstić information content (AvgIpc) is 3.65. The number of carbonyl (C=O) groups is 1. The van der Waals surface area contributed by atoms with Gasteiger partial charge in [-0.1, -0.05) is 12.1 Å². The van der Waals surface area contributed by atoms with E-state index in [9.17, 15) is 13.2 Å². The Hall–Kier alpha value is -2.38. The van der Waals surface area contributed by atoms with Gasteiger partial charge in [-0.2, -0.15) is 0 Å². The standard InChI is InChI=1S/C28H34N2O4S/c31-27(24-5-7-25(8-6-24)34-18-20-1-2-20)29-17-19-3-9-26(10-4-19)35(32,33)30-28-14-21-11-22(15-28)13-23(12-21)16-28/h3-10,20-23,30H,1-2,11-18H2,(H,29,31). The lowest BCUT2D eigenvalue weighted by atomic mass is 9.53. The highest BCUT2D eigenvalue weighted by Gasteiger charge is 2.52. The Bertz CT molecular complexity index is 1150. The van der Waals surface area contributed by atoms with Crippen LogP contribution < -0.4 is 14.8 Å². The summed E-state index contributed by atoms with van der Waals surface area (Å²) in [6.07, 6.45) is 9.26. The summed E-state index contributed by atoms with van der Waals surface area (Å²) in [6, 6.07) is 14.0. The third-order valence-corrected chi connectivity index (χ3v) is 9.97. The number of hydrogen-bond donors (Lipinski definition) is 2. The highest BCUT2D eigenvalue weighted by Crippen LogP contribution is 2.56. The van der Waals surface area contributed by atoms with Gasteiger partial charge in [-0.05, 0) is 117 Å². The maximum absolute atomic E-state index is 13.2. The number of hydrogen-bond acceptors (Lipinski definition) is 4. The fourth-order valence-electron chi connectivity index (χ4n) is 6.85. The molecule has 6 nitrogen and oxygen atoms in total. The highest BCUT2D eigenvalue weighted by molar-refractivity contribution is 7.89. The molecule has 2 aromatic rings. The van der Waals surface area contributed by atoms with Gasteiger partial charge in [0.25, 0.3) is 5.91 Å². The van der Waals surface area contributed by atoms with Crippen molar-refractivity contribution in [3.05, 3.63) is 59.7 Å². The number of benzene rings is 2. The normalized spacial score (nSPS) is 29.2. The van der Waals surface area contributed by atoms with Crippen molar-refractivity contribution in [3.8, 4) is 5.75 Å². The molecule has 0 heterocycles. The van der Waals surface area contributed by atoms with Crippen LogP contribution in [-0.2, 0) is 16.6 Å². The van der Waals surface area contributed by atoms with Crippen molar-refractivity contribution >= 4 is 15.9 Å². The van der Waals surface area contributed by atoms with Crippen LogP contribution in [0.1, 0.15) is 67.3 Å². The lowest BCUT2D eigenvalue weighted by Gasteiger charge is -2.56. The number of carbonyl (C=O) groups excluding carboxylic acids is 1. The highest BCUT2D eigenvalue weighted by atomic mass is 32.2. The Kier molecular flexibility index (Phi) is 5.88. The molecule has 0 saturated heterocycles. The molecular formula is C28H34N2O4S. The van der Waals surface area contributed by atoms with Crippen molar-refractivity contribution in [1.82, 2.24) is 10.0 Å². The second-order valence-corrected chi connectivity index (χ2v) is 13.1. The average molecular weight is 495 g/mol. The van der Waals surface area contributed by atoms with Crippen molar-refractivity contribution in [2.75, 3.05) is 6.61 Å². The minimum Gasteiger partial charge on any atom is -0.493 e. The lowest BCUT2D eigenvalue weighted by Crippen LogP contribution is -2.59. The number of sulfonamides is 1. The molecule has 2 aromatic carbocycles. The zero-order chi connectivity index (χ0) is 24.0. The zero-order valence-corrected chi connectivity index (χ0v) is 20.9. The summed E-state index contributed by atoms with van der Waals surface area (Å²) in [5.74, 6) is 3.35. The minimum absolute atomic E-state index is 0.168. The van der Waals surface area contributed by atoms with E-state index in [4.69, 9.17) is 4.74 Å². The third kappa shape index (κ3) is 5.12. The van der Waals surface area contributed by atoms with Gasteiger partial charge in [-0.25, -0.2) is 13.1 Å². The summed E-state index contributed by atoms with van der Waals surface area (Å²) in [5.41, 5.74) is 1.18. The van der Waals surface area contributed by atoms with Gasteiger partial charge in [-0.3, -0.25) is 4.79 Å². The molecule has 2 N–H and O–H groups in total. The van der Waals surface area contributed by atoms with Crippen molar-refractivity contribution in [1.29, 1.82) is 0 Å². The molecule has 0 unspecified atom stereocenters. The van der Waals surface area contributed by atoms with Crippen LogP contribution in [0.2, 0.25) is 0 Å². The van der Waals surface area contributed by atoms with E-state index in [-0.39, 0.29) is 11.4 Å². The van der Waals surface area contributed by atoms with Gasteiger partial charge < -0.3 is 10.1 Å². The zero-order valence-electron chi connectivity index (χ0n) is 20.0. The van der Waals surface area contributed by atoms with Crippen LogP contribution in [0.25, 0.3) is 0 Å². The lowest BCUT2D eigenvalue weighted by molar-refractivity contribution is -0.00810. The molecule has 0 radical (unpaired) electrons. The van der Waals surface area contributed by atoms with E-state index in [1.807, 2.05) is 12.1 Å². The Morgan fingerprint density at radius 1 is 0.886 bits per heavy atom. The third-order valence-electron chi connectivity index (χ3n) is 8.37. The van der Waals surface area contributed by atoms with E-state index >= 15 is 0 Å². The fraction of sp³-hybridized carbons (Fsp3) is 0.536. The van der Waals surface area contributed by atoms with E-state index in [0.717, 1.165) is 37.2 Å². The quantitative estimate of drug-likeness (QED) is 0.531. The molecule has 7 heteroatoms. The maximum atomic E-state index is 13.2. The van der Waals surface area contributed by atoms with E-state index in [1.54, 1.807) is 36.4 Å². The maximum Gasteiger partial charge on any atom is 0.251 e. The number of ether oxygens (including phenoxy) is 1. The molecule has 1 amide bonds. The van der Waals surface area contributed by atoms with Crippen LogP contribution in [0.4, 0.5) is 0 Å². The minimum atomic E-state index is -3.57.